The van der Waals surface area contributed by atoms with E-state index in [0.717, 1.165) is 77.7 Å². The maximum absolute atomic E-state index is 11.0. The molecule has 0 aliphatic carbocycles. The van der Waals surface area contributed by atoms with E-state index in [0.29, 0.717) is 11.4 Å². The van der Waals surface area contributed by atoms with Gasteiger partial charge in [-0.25, -0.2) is 9.97 Å². The molecule has 0 spiro atoms. The molecular weight excluding hydrogens is 659 g/mol. The SMILES string of the molecule is Cc1ccc2c(c1)c1ccccc1n2-c1cc(-n2c3ccccc3c3cc(C)ccc32)c(-c2nc(-c3ccccc3)cc(-c3ccccc3)n2)cc1C#N. The zero-order valence-electron chi connectivity index (χ0n) is 29.8. The first kappa shape index (κ1) is 31.4. The van der Waals surface area contributed by atoms with Crippen molar-refractivity contribution in [1.82, 2.24) is 19.1 Å². The van der Waals surface area contributed by atoms with Crippen LogP contribution in [0.25, 0.3) is 88.9 Å². The van der Waals surface area contributed by atoms with E-state index in [2.05, 4.69) is 150 Å². The Morgan fingerprint density at radius 3 is 1.43 bits per heavy atom. The van der Waals surface area contributed by atoms with Gasteiger partial charge in [-0.1, -0.05) is 120 Å². The third-order valence-corrected chi connectivity index (χ3v) is 10.5. The minimum absolute atomic E-state index is 0.531. The molecule has 54 heavy (non-hydrogen) atoms. The van der Waals surface area contributed by atoms with Crippen LogP contribution < -0.4 is 0 Å². The second kappa shape index (κ2) is 12.4. The highest BCUT2D eigenvalue weighted by Crippen LogP contribution is 2.41. The molecule has 0 atom stereocenters. The van der Waals surface area contributed by atoms with Crippen molar-refractivity contribution < 1.29 is 0 Å². The second-order valence-electron chi connectivity index (χ2n) is 13.9. The van der Waals surface area contributed by atoms with E-state index in [-0.39, 0.29) is 0 Å². The lowest BCUT2D eigenvalue weighted by Gasteiger charge is -2.19. The minimum atomic E-state index is 0.531. The molecule has 5 heteroatoms. The van der Waals surface area contributed by atoms with Crippen LogP contribution in [-0.4, -0.2) is 19.1 Å². The number of aromatic nitrogens is 4. The highest BCUT2D eigenvalue weighted by molar-refractivity contribution is 6.11. The fraction of sp³-hybridized carbons (Fsp3) is 0.0408. The lowest BCUT2D eigenvalue weighted by atomic mass is 10.0. The molecule has 0 aliphatic heterocycles. The molecule has 0 unspecified atom stereocenters. The summed E-state index contributed by atoms with van der Waals surface area (Å²) in [6, 6.07) is 59.4. The van der Waals surface area contributed by atoms with Crippen LogP contribution in [0.5, 0.6) is 0 Å². The highest BCUT2D eigenvalue weighted by Gasteiger charge is 2.23. The standard InChI is InChI=1S/C49H33N5/c1-31-21-23-45-38(25-31)36-17-9-11-19-43(36)53(45)47-29-48(54-44-20-12-10-18-37(44)39-26-32(2)22-24-46(39)54)40(27-35(47)30-50)49-51-41(33-13-5-3-6-14-33)28-42(52-49)34-15-7-4-8-16-34/h3-29H,1-2H3. The van der Waals surface area contributed by atoms with Crippen molar-refractivity contribution in [3.05, 3.63) is 180 Å². The molecule has 3 heterocycles. The summed E-state index contributed by atoms with van der Waals surface area (Å²) in [6.45, 7) is 4.26. The topological polar surface area (TPSA) is 59.4 Å². The summed E-state index contributed by atoms with van der Waals surface area (Å²) in [5.41, 5.74) is 13.2. The van der Waals surface area contributed by atoms with Gasteiger partial charge in [-0.3, -0.25) is 0 Å². The normalized spacial score (nSPS) is 11.5. The van der Waals surface area contributed by atoms with E-state index >= 15 is 0 Å². The predicted octanol–water partition coefficient (Wildman–Crippen LogP) is 12.2. The van der Waals surface area contributed by atoms with Gasteiger partial charge in [-0.2, -0.15) is 5.26 Å². The van der Waals surface area contributed by atoms with Crippen LogP contribution in [-0.2, 0) is 0 Å². The number of fused-ring (bicyclic) bond motifs is 6. The van der Waals surface area contributed by atoms with Crippen molar-refractivity contribution in [2.75, 3.05) is 0 Å². The van der Waals surface area contributed by atoms with Gasteiger partial charge in [0.1, 0.15) is 6.07 Å². The molecule has 0 amide bonds. The Kier molecular flexibility index (Phi) is 7.24. The first-order valence-corrected chi connectivity index (χ1v) is 18.1. The summed E-state index contributed by atoms with van der Waals surface area (Å²) in [7, 11) is 0. The number of benzene rings is 7. The number of hydrogen-bond donors (Lipinski definition) is 0. The molecule has 0 aliphatic rings. The number of hydrogen-bond acceptors (Lipinski definition) is 3. The van der Waals surface area contributed by atoms with Gasteiger partial charge in [0, 0.05) is 38.2 Å². The number of aryl methyl sites for hydroxylation is 2. The molecular formula is C49H33N5. The Bertz CT molecular complexity index is 3070. The number of para-hydroxylation sites is 2. The summed E-state index contributed by atoms with van der Waals surface area (Å²) in [6.07, 6.45) is 0. The maximum atomic E-state index is 11.0. The lowest BCUT2D eigenvalue weighted by molar-refractivity contribution is 1.11. The summed E-state index contributed by atoms with van der Waals surface area (Å²) < 4.78 is 4.56. The molecule has 254 valence electrons. The van der Waals surface area contributed by atoms with E-state index < -0.39 is 0 Å². The molecule has 0 bridgehead atoms. The molecule has 10 aromatic rings. The average molecular weight is 692 g/mol. The molecule has 3 aromatic heterocycles. The van der Waals surface area contributed by atoms with Crippen molar-refractivity contribution in [1.29, 1.82) is 5.26 Å². The van der Waals surface area contributed by atoms with E-state index in [4.69, 9.17) is 9.97 Å². The van der Waals surface area contributed by atoms with Crippen molar-refractivity contribution in [2.45, 2.75) is 13.8 Å². The summed E-state index contributed by atoms with van der Waals surface area (Å²) in [5, 5.41) is 15.6. The Hall–Kier alpha value is -7.29. The largest absolute Gasteiger partial charge is 0.308 e. The maximum Gasteiger partial charge on any atom is 0.162 e. The molecule has 7 aromatic carbocycles. The fourth-order valence-corrected chi connectivity index (χ4v) is 7.99. The zero-order chi connectivity index (χ0) is 36.3. The Balaban J connectivity index is 1.36. The van der Waals surface area contributed by atoms with Gasteiger partial charge in [0.25, 0.3) is 0 Å². The lowest BCUT2D eigenvalue weighted by Crippen LogP contribution is -2.06. The van der Waals surface area contributed by atoms with Crippen molar-refractivity contribution in [3.8, 4) is 51.3 Å². The second-order valence-corrected chi connectivity index (χ2v) is 13.9. The van der Waals surface area contributed by atoms with E-state index in [1.807, 2.05) is 42.5 Å². The predicted molar refractivity (Wildman–Crippen MR) is 221 cm³/mol. The fourth-order valence-electron chi connectivity index (χ4n) is 7.99. The molecule has 0 saturated heterocycles. The zero-order valence-corrected chi connectivity index (χ0v) is 29.8. The van der Waals surface area contributed by atoms with E-state index in [1.54, 1.807) is 0 Å². The van der Waals surface area contributed by atoms with Gasteiger partial charge in [-0.05, 0) is 68.4 Å². The van der Waals surface area contributed by atoms with E-state index in [9.17, 15) is 5.26 Å². The van der Waals surface area contributed by atoms with Gasteiger partial charge in [0.15, 0.2) is 5.82 Å². The molecule has 5 nitrogen and oxygen atoms in total. The van der Waals surface area contributed by atoms with Crippen LogP contribution >= 0.6 is 0 Å². The highest BCUT2D eigenvalue weighted by atomic mass is 15.0. The smallest absolute Gasteiger partial charge is 0.162 e. The molecule has 10 rings (SSSR count). The third-order valence-electron chi connectivity index (χ3n) is 10.5. The van der Waals surface area contributed by atoms with Crippen LogP contribution in [0, 0.1) is 25.2 Å². The van der Waals surface area contributed by atoms with Gasteiger partial charge in [-0.15, -0.1) is 0 Å². The quantitative estimate of drug-likeness (QED) is 0.180. The van der Waals surface area contributed by atoms with Crippen molar-refractivity contribution in [3.63, 3.8) is 0 Å². The number of nitrogens with zero attached hydrogens (tertiary/aromatic N) is 5. The average Bonchev–Trinajstić information content (AvgIpc) is 3.72. The van der Waals surface area contributed by atoms with Gasteiger partial charge >= 0.3 is 0 Å². The monoisotopic (exact) mass is 691 g/mol. The Morgan fingerprint density at radius 2 is 0.907 bits per heavy atom. The summed E-state index contributed by atoms with van der Waals surface area (Å²) in [5.74, 6) is 0.546. The summed E-state index contributed by atoms with van der Waals surface area (Å²) in [4.78, 5) is 10.6. The summed E-state index contributed by atoms with van der Waals surface area (Å²) >= 11 is 0. The van der Waals surface area contributed by atoms with Gasteiger partial charge in [0.05, 0.1) is 50.4 Å². The van der Waals surface area contributed by atoms with Crippen molar-refractivity contribution >= 4 is 43.6 Å². The molecule has 0 saturated carbocycles. The van der Waals surface area contributed by atoms with Crippen LogP contribution in [0.15, 0.2) is 164 Å². The third kappa shape index (κ3) is 5.00. The van der Waals surface area contributed by atoms with Crippen LogP contribution in [0.4, 0.5) is 0 Å². The molecule has 0 N–H and O–H groups in total. The molecule has 0 radical (unpaired) electrons. The van der Waals surface area contributed by atoms with Crippen molar-refractivity contribution in [2.24, 2.45) is 0 Å². The van der Waals surface area contributed by atoms with E-state index in [1.165, 1.54) is 16.5 Å². The van der Waals surface area contributed by atoms with Crippen LogP contribution in [0.1, 0.15) is 16.7 Å². The Morgan fingerprint density at radius 1 is 0.444 bits per heavy atom. The number of rotatable bonds is 5. The van der Waals surface area contributed by atoms with Crippen LogP contribution in [0.3, 0.4) is 0 Å². The first-order chi connectivity index (χ1) is 26.6. The Labute approximate surface area is 312 Å². The van der Waals surface area contributed by atoms with Gasteiger partial charge < -0.3 is 9.13 Å². The van der Waals surface area contributed by atoms with Crippen LogP contribution in [0.2, 0.25) is 0 Å². The number of nitriles is 1. The minimum Gasteiger partial charge on any atom is -0.308 e. The molecule has 0 fully saturated rings. The van der Waals surface area contributed by atoms with Gasteiger partial charge in [0.2, 0.25) is 0 Å². The first-order valence-electron chi connectivity index (χ1n) is 18.1.